The first-order chi connectivity index (χ1) is 13.7. The molecule has 1 aliphatic carbocycles. The van der Waals surface area contributed by atoms with Gasteiger partial charge in [-0.05, 0) is 55.2 Å². The summed E-state index contributed by atoms with van der Waals surface area (Å²) in [5, 5.41) is 4.81. The van der Waals surface area contributed by atoms with Crippen LogP contribution in [-0.4, -0.2) is 18.9 Å². The lowest BCUT2D eigenvalue weighted by Gasteiger charge is -2.16. The minimum atomic E-state index is -4.68. The molecule has 154 valence electrons. The number of amides is 2. The first-order valence-corrected chi connectivity index (χ1v) is 9.13. The molecule has 1 fully saturated rings. The van der Waals surface area contributed by atoms with E-state index in [4.69, 9.17) is 4.74 Å². The molecular weight excluding hydrogens is 385 g/mol. The number of nitrogens with one attached hydrogen (secondary N) is 2. The van der Waals surface area contributed by atoms with Crippen molar-refractivity contribution >= 4 is 23.2 Å². The summed E-state index contributed by atoms with van der Waals surface area (Å²) in [5.74, 6) is -0.406. The number of carbonyl (C=O) groups excluding carboxylic acids is 2. The molecule has 0 bridgehead atoms. The fourth-order valence-corrected chi connectivity index (χ4v) is 2.91. The number of alkyl halides is 3. The Hall–Kier alpha value is -3.03. The van der Waals surface area contributed by atoms with E-state index in [0.29, 0.717) is 11.3 Å². The van der Waals surface area contributed by atoms with Crippen LogP contribution in [0, 0.1) is 12.8 Å². The summed E-state index contributed by atoms with van der Waals surface area (Å²) in [6.07, 6.45) is -3.30. The van der Waals surface area contributed by atoms with Crippen LogP contribution in [0.2, 0.25) is 0 Å². The second kappa shape index (κ2) is 8.14. The van der Waals surface area contributed by atoms with Crippen molar-refractivity contribution in [3.05, 3.63) is 53.1 Å². The third-order valence-corrected chi connectivity index (χ3v) is 4.65. The molecule has 3 rings (SSSR count). The monoisotopic (exact) mass is 406 g/mol. The predicted octanol–water partition coefficient (Wildman–Crippen LogP) is 4.55. The van der Waals surface area contributed by atoms with Gasteiger partial charge in [0.1, 0.15) is 5.75 Å². The highest BCUT2D eigenvalue weighted by Crippen LogP contribution is 2.37. The van der Waals surface area contributed by atoms with Crippen LogP contribution < -0.4 is 15.4 Å². The molecule has 1 aliphatic rings. The van der Waals surface area contributed by atoms with Crippen molar-refractivity contribution in [1.82, 2.24) is 0 Å². The molecule has 0 unspecified atom stereocenters. The Bertz CT molecular complexity index is 937. The van der Waals surface area contributed by atoms with Gasteiger partial charge in [0, 0.05) is 11.6 Å². The van der Waals surface area contributed by atoms with Gasteiger partial charge >= 0.3 is 6.18 Å². The molecule has 5 nitrogen and oxygen atoms in total. The quantitative estimate of drug-likeness (QED) is 0.740. The number of ether oxygens (including phenoxy) is 1. The Labute approximate surface area is 166 Å². The van der Waals surface area contributed by atoms with Gasteiger partial charge in [0.25, 0.3) is 0 Å². The van der Waals surface area contributed by atoms with E-state index in [0.717, 1.165) is 30.5 Å². The van der Waals surface area contributed by atoms with E-state index in [1.807, 2.05) is 6.92 Å². The van der Waals surface area contributed by atoms with Crippen LogP contribution in [0.3, 0.4) is 0 Å². The van der Waals surface area contributed by atoms with Crippen LogP contribution in [0.15, 0.2) is 36.4 Å². The third-order valence-electron chi connectivity index (χ3n) is 4.65. The Balaban J connectivity index is 1.76. The van der Waals surface area contributed by atoms with Crippen molar-refractivity contribution in [2.75, 3.05) is 17.7 Å². The number of hydrogen-bond donors (Lipinski definition) is 2. The van der Waals surface area contributed by atoms with Gasteiger partial charge in [0.15, 0.2) is 0 Å². The average Bonchev–Trinajstić information content (AvgIpc) is 3.49. The zero-order chi connectivity index (χ0) is 21.2. The smallest absolute Gasteiger partial charge is 0.418 e. The normalized spacial score (nSPS) is 13.7. The fraction of sp³-hybridized carbons (Fsp3) is 0.333. The van der Waals surface area contributed by atoms with Crippen LogP contribution in [-0.2, 0) is 22.2 Å². The first-order valence-electron chi connectivity index (χ1n) is 9.13. The Morgan fingerprint density at radius 2 is 1.83 bits per heavy atom. The number of rotatable bonds is 6. The van der Waals surface area contributed by atoms with E-state index in [1.54, 1.807) is 18.2 Å². The predicted molar refractivity (Wildman–Crippen MR) is 103 cm³/mol. The summed E-state index contributed by atoms with van der Waals surface area (Å²) in [6, 6.07) is 8.51. The maximum absolute atomic E-state index is 13.5. The van der Waals surface area contributed by atoms with Crippen molar-refractivity contribution in [3.63, 3.8) is 0 Å². The van der Waals surface area contributed by atoms with Gasteiger partial charge in [-0.1, -0.05) is 12.1 Å². The van der Waals surface area contributed by atoms with E-state index in [-0.39, 0.29) is 29.6 Å². The van der Waals surface area contributed by atoms with Gasteiger partial charge in [-0.15, -0.1) is 0 Å². The first kappa shape index (κ1) is 20.7. The van der Waals surface area contributed by atoms with Crippen LogP contribution in [0.5, 0.6) is 5.75 Å². The largest absolute Gasteiger partial charge is 0.496 e. The Morgan fingerprint density at radius 1 is 1.10 bits per heavy atom. The molecule has 2 N–H and O–H groups in total. The van der Waals surface area contributed by atoms with Crippen LogP contribution in [0.1, 0.15) is 29.5 Å². The lowest BCUT2D eigenvalue weighted by Crippen LogP contribution is -2.19. The maximum Gasteiger partial charge on any atom is 0.418 e. The molecule has 29 heavy (non-hydrogen) atoms. The van der Waals surface area contributed by atoms with E-state index in [1.165, 1.54) is 13.2 Å². The van der Waals surface area contributed by atoms with Crippen LogP contribution in [0.4, 0.5) is 24.5 Å². The van der Waals surface area contributed by atoms with Gasteiger partial charge in [-0.2, -0.15) is 13.2 Å². The summed E-state index contributed by atoms with van der Waals surface area (Å²) < 4.78 is 45.6. The lowest BCUT2D eigenvalue weighted by molar-refractivity contribution is -0.137. The lowest BCUT2D eigenvalue weighted by atomic mass is 10.1. The highest BCUT2D eigenvalue weighted by atomic mass is 19.4. The fourth-order valence-electron chi connectivity index (χ4n) is 2.91. The summed E-state index contributed by atoms with van der Waals surface area (Å²) in [6.45, 7) is 1.85. The van der Waals surface area contributed by atoms with E-state index in [9.17, 15) is 22.8 Å². The number of halogens is 3. The Kier molecular flexibility index (Phi) is 5.81. The SMILES string of the molecule is COc1cc(CC(=O)Nc2ccc(NC(=O)C3CC3)cc2C(F)(F)F)ccc1C. The summed E-state index contributed by atoms with van der Waals surface area (Å²) >= 11 is 0. The van der Waals surface area contributed by atoms with Crippen molar-refractivity contribution in [3.8, 4) is 5.75 Å². The second-order valence-corrected chi connectivity index (χ2v) is 7.05. The summed E-state index contributed by atoms with van der Waals surface area (Å²) in [4.78, 5) is 24.1. The highest BCUT2D eigenvalue weighted by Gasteiger charge is 2.35. The van der Waals surface area contributed by atoms with Crippen LogP contribution in [0.25, 0.3) is 0 Å². The van der Waals surface area contributed by atoms with E-state index >= 15 is 0 Å². The zero-order valence-corrected chi connectivity index (χ0v) is 16.0. The third kappa shape index (κ3) is 5.28. The van der Waals surface area contributed by atoms with Crippen molar-refractivity contribution < 1.29 is 27.5 Å². The number of benzene rings is 2. The number of aryl methyl sites for hydroxylation is 1. The number of hydrogen-bond acceptors (Lipinski definition) is 3. The summed E-state index contributed by atoms with van der Waals surface area (Å²) in [5.41, 5.74) is 0.189. The van der Waals surface area contributed by atoms with Crippen molar-refractivity contribution in [1.29, 1.82) is 0 Å². The number of methoxy groups -OCH3 is 1. The molecule has 0 atom stereocenters. The molecule has 2 amide bonds. The van der Waals surface area contributed by atoms with Gasteiger partial charge < -0.3 is 15.4 Å². The van der Waals surface area contributed by atoms with Crippen molar-refractivity contribution in [2.45, 2.75) is 32.4 Å². The molecular formula is C21H21F3N2O3. The molecule has 0 aliphatic heterocycles. The molecule has 0 heterocycles. The van der Waals surface area contributed by atoms with Gasteiger partial charge in [-0.3, -0.25) is 9.59 Å². The minimum Gasteiger partial charge on any atom is -0.496 e. The van der Waals surface area contributed by atoms with Crippen molar-refractivity contribution in [2.24, 2.45) is 5.92 Å². The molecule has 0 saturated heterocycles. The topological polar surface area (TPSA) is 67.4 Å². The number of carbonyl (C=O) groups is 2. The molecule has 2 aromatic carbocycles. The van der Waals surface area contributed by atoms with Gasteiger partial charge in [-0.25, -0.2) is 0 Å². The van der Waals surface area contributed by atoms with Gasteiger partial charge in [0.05, 0.1) is 24.8 Å². The standard InChI is InChI=1S/C21H21F3N2O3/c1-12-3-4-13(9-18(12)29-2)10-19(27)26-17-8-7-15(11-16(17)21(22,23)24)25-20(28)14-5-6-14/h3-4,7-9,11,14H,5-6,10H2,1-2H3,(H,25,28)(H,26,27). The molecule has 8 heteroatoms. The molecule has 0 spiro atoms. The maximum atomic E-state index is 13.5. The van der Waals surface area contributed by atoms with Crippen LogP contribution >= 0.6 is 0 Å². The molecule has 2 aromatic rings. The zero-order valence-electron chi connectivity index (χ0n) is 16.0. The second-order valence-electron chi connectivity index (χ2n) is 7.05. The number of anilines is 2. The molecule has 0 radical (unpaired) electrons. The van der Waals surface area contributed by atoms with Gasteiger partial charge in [0.2, 0.25) is 11.8 Å². The molecule has 0 aromatic heterocycles. The minimum absolute atomic E-state index is 0.0514. The molecule has 1 saturated carbocycles. The van der Waals surface area contributed by atoms with E-state index in [2.05, 4.69) is 10.6 Å². The van der Waals surface area contributed by atoms with E-state index < -0.39 is 17.6 Å². The Morgan fingerprint density at radius 3 is 2.45 bits per heavy atom. The summed E-state index contributed by atoms with van der Waals surface area (Å²) in [7, 11) is 1.51. The highest BCUT2D eigenvalue weighted by molar-refractivity contribution is 5.96. The average molecular weight is 406 g/mol.